The van der Waals surface area contributed by atoms with Crippen molar-refractivity contribution in [3.05, 3.63) is 23.1 Å². The minimum Gasteiger partial charge on any atom is -0.291 e. The molecule has 0 atom stereocenters. The lowest BCUT2D eigenvalue weighted by Gasteiger charge is -2.06. The predicted molar refractivity (Wildman–Crippen MR) is 53.2 cm³/mol. The Hall–Kier alpha value is -1.81. The maximum atomic E-state index is 12.7. The molecule has 0 fully saturated rings. The number of nitriles is 1. The van der Waals surface area contributed by atoms with Gasteiger partial charge in [-0.25, -0.2) is 9.97 Å². The molecule has 2 rings (SSSR count). The van der Waals surface area contributed by atoms with Crippen molar-refractivity contribution in [1.82, 2.24) is 14.5 Å². The monoisotopic (exact) mass is 260 g/mol. The normalized spacial score (nSPS) is 11.7. The van der Waals surface area contributed by atoms with Crippen LogP contribution in [0, 0.1) is 11.3 Å². The zero-order valence-electron chi connectivity index (χ0n) is 8.16. The van der Waals surface area contributed by atoms with E-state index in [9.17, 15) is 13.2 Å². The van der Waals surface area contributed by atoms with Crippen molar-refractivity contribution in [3.63, 3.8) is 0 Å². The van der Waals surface area contributed by atoms with Gasteiger partial charge in [0, 0.05) is 6.20 Å². The van der Waals surface area contributed by atoms with E-state index in [4.69, 9.17) is 16.9 Å². The van der Waals surface area contributed by atoms with Crippen LogP contribution < -0.4 is 0 Å². The molecule has 8 heteroatoms. The second-order valence-electron chi connectivity index (χ2n) is 3.17. The molecule has 4 nitrogen and oxygen atoms in total. The van der Waals surface area contributed by atoms with Crippen LogP contribution in [0.1, 0.15) is 5.82 Å². The molecule has 2 heterocycles. The highest BCUT2D eigenvalue weighted by molar-refractivity contribution is 6.31. The number of halogens is 4. The largest absolute Gasteiger partial charge is 0.449 e. The third kappa shape index (κ3) is 2.03. The summed E-state index contributed by atoms with van der Waals surface area (Å²) in [5.74, 6) is -1.15. The van der Waals surface area contributed by atoms with E-state index in [2.05, 4.69) is 9.97 Å². The summed E-state index contributed by atoms with van der Waals surface area (Å²) in [6, 6.07) is 2.91. The van der Waals surface area contributed by atoms with E-state index in [1.165, 1.54) is 12.3 Å². The SMILES string of the molecule is N#CCn1c(C(F)(F)F)nc2cc(Cl)cnc21. The summed E-state index contributed by atoms with van der Waals surface area (Å²) >= 11 is 5.61. The van der Waals surface area contributed by atoms with Crippen molar-refractivity contribution in [3.8, 4) is 6.07 Å². The molecule has 0 saturated heterocycles. The fourth-order valence-electron chi connectivity index (χ4n) is 1.42. The molecule has 0 saturated carbocycles. The summed E-state index contributed by atoms with van der Waals surface area (Å²) in [6.45, 7) is -0.472. The number of hydrogen-bond donors (Lipinski definition) is 0. The summed E-state index contributed by atoms with van der Waals surface area (Å²) in [4.78, 5) is 7.15. The van der Waals surface area contributed by atoms with Gasteiger partial charge < -0.3 is 0 Å². The Labute approximate surface area is 98.3 Å². The van der Waals surface area contributed by atoms with Crippen LogP contribution in [0.4, 0.5) is 13.2 Å². The van der Waals surface area contributed by atoms with Gasteiger partial charge in [0.05, 0.1) is 11.1 Å². The summed E-state index contributed by atoms with van der Waals surface area (Å²) in [6.07, 6.45) is -3.43. The molecule has 0 N–H and O–H groups in total. The molecule has 2 aromatic heterocycles. The lowest BCUT2D eigenvalue weighted by Crippen LogP contribution is -2.14. The highest BCUT2D eigenvalue weighted by atomic mass is 35.5. The molecular formula is C9H4ClF3N4. The van der Waals surface area contributed by atoms with Gasteiger partial charge in [0.2, 0.25) is 5.82 Å². The van der Waals surface area contributed by atoms with Gasteiger partial charge in [-0.2, -0.15) is 18.4 Å². The quantitative estimate of drug-likeness (QED) is 0.792. The maximum Gasteiger partial charge on any atom is 0.449 e. The van der Waals surface area contributed by atoms with E-state index < -0.39 is 18.5 Å². The summed E-state index contributed by atoms with van der Waals surface area (Å²) in [5, 5.41) is 8.71. The molecular weight excluding hydrogens is 257 g/mol. The topological polar surface area (TPSA) is 54.5 Å². The van der Waals surface area contributed by atoms with E-state index in [1.54, 1.807) is 6.07 Å². The van der Waals surface area contributed by atoms with Crippen molar-refractivity contribution < 1.29 is 13.2 Å². The third-order valence-electron chi connectivity index (χ3n) is 2.03. The first kappa shape index (κ1) is 11.7. The lowest BCUT2D eigenvalue weighted by molar-refractivity contribution is -0.146. The van der Waals surface area contributed by atoms with Gasteiger partial charge in [0.15, 0.2) is 5.65 Å². The Morgan fingerprint density at radius 1 is 1.47 bits per heavy atom. The van der Waals surface area contributed by atoms with E-state index in [0.717, 1.165) is 0 Å². The number of hydrogen-bond acceptors (Lipinski definition) is 3. The van der Waals surface area contributed by atoms with Crippen LogP contribution in [0.3, 0.4) is 0 Å². The van der Waals surface area contributed by atoms with Crippen molar-refractivity contribution in [2.75, 3.05) is 0 Å². The minimum atomic E-state index is -4.63. The van der Waals surface area contributed by atoms with Gasteiger partial charge in [-0.1, -0.05) is 11.6 Å². The zero-order valence-corrected chi connectivity index (χ0v) is 8.92. The maximum absolute atomic E-state index is 12.7. The molecule has 0 bridgehead atoms. The van der Waals surface area contributed by atoms with Crippen molar-refractivity contribution in [2.24, 2.45) is 0 Å². The average Bonchev–Trinajstić information content (AvgIpc) is 2.56. The van der Waals surface area contributed by atoms with E-state index >= 15 is 0 Å². The third-order valence-corrected chi connectivity index (χ3v) is 2.24. The number of imidazole rings is 1. The molecule has 0 unspecified atom stereocenters. The molecule has 17 heavy (non-hydrogen) atoms. The van der Waals surface area contributed by atoms with Gasteiger partial charge >= 0.3 is 6.18 Å². The predicted octanol–water partition coefficient (Wildman–Crippen LogP) is 2.63. The second kappa shape index (κ2) is 3.89. The van der Waals surface area contributed by atoms with Crippen LogP contribution in [-0.2, 0) is 12.7 Å². The first-order valence-electron chi connectivity index (χ1n) is 4.39. The molecule has 0 aromatic carbocycles. The highest BCUT2D eigenvalue weighted by Crippen LogP contribution is 2.31. The number of aromatic nitrogens is 3. The molecule has 0 aliphatic heterocycles. The van der Waals surface area contributed by atoms with Crippen LogP contribution in [0.25, 0.3) is 11.2 Å². The smallest absolute Gasteiger partial charge is 0.291 e. The van der Waals surface area contributed by atoms with Crippen LogP contribution in [0.15, 0.2) is 12.3 Å². The Bertz CT molecular complexity index is 611. The van der Waals surface area contributed by atoms with Gasteiger partial charge in [0.25, 0.3) is 0 Å². The number of alkyl halides is 3. The number of fused-ring (bicyclic) bond motifs is 1. The first-order valence-corrected chi connectivity index (χ1v) is 4.77. The van der Waals surface area contributed by atoms with E-state index in [0.29, 0.717) is 4.57 Å². The van der Waals surface area contributed by atoms with Crippen molar-refractivity contribution in [2.45, 2.75) is 12.7 Å². The summed E-state index contributed by atoms with van der Waals surface area (Å²) in [5.41, 5.74) is 0.00310. The van der Waals surface area contributed by atoms with Crippen LogP contribution in [-0.4, -0.2) is 14.5 Å². The van der Waals surface area contributed by atoms with Gasteiger partial charge in [-0.3, -0.25) is 4.57 Å². The molecule has 0 radical (unpaired) electrons. The first-order chi connectivity index (χ1) is 7.93. The summed E-state index contributed by atoms with van der Waals surface area (Å²) in [7, 11) is 0. The Kier molecular flexibility index (Phi) is 2.67. The number of nitrogens with zero attached hydrogens (tertiary/aromatic N) is 4. The van der Waals surface area contributed by atoms with Crippen molar-refractivity contribution >= 4 is 22.8 Å². The van der Waals surface area contributed by atoms with Gasteiger partial charge in [-0.05, 0) is 6.07 Å². The van der Waals surface area contributed by atoms with E-state index in [-0.39, 0.29) is 16.2 Å². The van der Waals surface area contributed by atoms with Gasteiger partial charge in [0.1, 0.15) is 12.1 Å². The number of pyridine rings is 1. The fraction of sp³-hybridized carbons (Fsp3) is 0.222. The van der Waals surface area contributed by atoms with Gasteiger partial charge in [-0.15, -0.1) is 0 Å². The Morgan fingerprint density at radius 2 is 2.18 bits per heavy atom. The van der Waals surface area contributed by atoms with E-state index in [1.807, 2.05) is 0 Å². The molecule has 2 aromatic rings. The minimum absolute atomic E-state index is 0.0109. The molecule has 0 spiro atoms. The summed E-state index contributed by atoms with van der Waals surface area (Å²) < 4.78 is 38.7. The molecule has 88 valence electrons. The van der Waals surface area contributed by atoms with Crippen LogP contribution in [0.5, 0.6) is 0 Å². The molecule has 0 aliphatic carbocycles. The highest BCUT2D eigenvalue weighted by Gasteiger charge is 2.37. The fourth-order valence-corrected chi connectivity index (χ4v) is 1.58. The molecule has 0 amide bonds. The Morgan fingerprint density at radius 3 is 2.76 bits per heavy atom. The zero-order chi connectivity index (χ0) is 12.6. The van der Waals surface area contributed by atoms with Crippen LogP contribution in [0.2, 0.25) is 5.02 Å². The van der Waals surface area contributed by atoms with Crippen molar-refractivity contribution in [1.29, 1.82) is 5.26 Å². The second-order valence-corrected chi connectivity index (χ2v) is 3.61. The van der Waals surface area contributed by atoms with Crippen LogP contribution >= 0.6 is 11.6 Å². The number of rotatable bonds is 1. The lowest BCUT2D eigenvalue weighted by atomic mass is 10.4. The Balaban J connectivity index is 2.75. The standard InChI is InChI=1S/C9H4ClF3N4/c10-5-3-6-7(15-4-5)17(2-1-14)8(16-6)9(11,12)13/h3-4H,2H2. The average molecular weight is 261 g/mol. The molecule has 0 aliphatic rings.